The average Bonchev–Trinajstić information content (AvgIpc) is 3.34. The number of alkyl halides is 3. The number of hydrogen-bond donors (Lipinski definition) is 0. The average molecular weight is 443 g/mol. The molecule has 4 rings (SSSR count). The van der Waals surface area contributed by atoms with Crippen molar-refractivity contribution in [1.82, 2.24) is 24.6 Å². The first kappa shape index (κ1) is 22.0. The van der Waals surface area contributed by atoms with Gasteiger partial charge in [0.2, 0.25) is 5.91 Å². The van der Waals surface area contributed by atoms with Gasteiger partial charge in [-0.1, -0.05) is 24.3 Å². The number of carbonyl (C=O) groups excluding carboxylic acids is 1. The van der Waals surface area contributed by atoms with E-state index in [0.717, 1.165) is 30.2 Å². The van der Waals surface area contributed by atoms with Crippen molar-refractivity contribution >= 4 is 5.91 Å². The molecule has 3 heterocycles. The molecule has 0 unspecified atom stereocenters. The number of hydrogen-bond acceptors (Lipinski definition) is 4. The van der Waals surface area contributed by atoms with E-state index in [-0.39, 0.29) is 18.5 Å². The minimum Gasteiger partial charge on any atom is -0.332 e. The van der Waals surface area contributed by atoms with Gasteiger partial charge in [-0.3, -0.25) is 9.78 Å². The second kappa shape index (κ2) is 8.72. The first-order chi connectivity index (χ1) is 15.2. The monoisotopic (exact) mass is 443 g/mol. The first-order valence-corrected chi connectivity index (χ1v) is 10.5. The highest BCUT2D eigenvalue weighted by molar-refractivity contribution is 5.76. The van der Waals surface area contributed by atoms with Crippen LogP contribution in [0.4, 0.5) is 13.2 Å². The largest absolute Gasteiger partial charge is 0.416 e. The molecular formula is C23H24F3N5O. The number of benzene rings is 1. The van der Waals surface area contributed by atoms with Crippen LogP contribution in [0.5, 0.6) is 0 Å². The van der Waals surface area contributed by atoms with Crippen molar-refractivity contribution in [2.75, 3.05) is 6.54 Å². The van der Waals surface area contributed by atoms with Crippen molar-refractivity contribution in [3.8, 4) is 0 Å². The highest BCUT2D eigenvalue weighted by Crippen LogP contribution is 2.32. The van der Waals surface area contributed by atoms with Gasteiger partial charge in [-0.2, -0.15) is 18.3 Å². The van der Waals surface area contributed by atoms with Crippen molar-refractivity contribution in [2.24, 2.45) is 0 Å². The van der Waals surface area contributed by atoms with Crippen molar-refractivity contribution in [2.45, 2.75) is 51.9 Å². The molecule has 0 spiro atoms. The number of rotatable bonds is 5. The molecule has 168 valence electrons. The quantitative estimate of drug-likeness (QED) is 0.591. The number of nitrogens with zero attached hydrogens (tertiary/aromatic N) is 5. The molecule has 1 aliphatic heterocycles. The highest BCUT2D eigenvalue weighted by atomic mass is 19.4. The van der Waals surface area contributed by atoms with E-state index in [2.05, 4.69) is 15.1 Å². The zero-order valence-electron chi connectivity index (χ0n) is 17.9. The predicted octanol–water partition coefficient (Wildman–Crippen LogP) is 4.26. The van der Waals surface area contributed by atoms with Gasteiger partial charge >= 0.3 is 6.18 Å². The van der Waals surface area contributed by atoms with Gasteiger partial charge in [0.05, 0.1) is 17.3 Å². The summed E-state index contributed by atoms with van der Waals surface area (Å²) in [5.41, 5.74) is 1.52. The highest BCUT2D eigenvalue weighted by Gasteiger charge is 2.32. The first-order valence-electron chi connectivity index (χ1n) is 10.5. The fourth-order valence-electron chi connectivity index (χ4n) is 4.13. The zero-order valence-corrected chi connectivity index (χ0v) is 17.9. The van der Waals surface area contributed by atoms with Crippen LogP contribution < -0.4 is 0 Å². The van der Waals surface area contributed by atoms with Gasteiger partial charge in [0, 0.05) is 12.7 Å². The summed E-state index contributed by atoms with van der Waals surface area (Å²) >= 11 is 0. The number of aryl methyl sites for hydroxylation is 2. The van der Waals surface area contributed by atoms with Crippen LogP contribution >= 0.6 is 0 Å². The Labute approximate surface area is 184 Å². The number of aromatic nitrogens is 4. The van der Waals surface area contributed by atoms with E-state index >= 15 is 0 Å². The Kier molecular flexibility index (Phi) is 5.99. The molecule has 1 saturated heterocycles. The van der Waals surface area contributed by atoms with Gasteiger partial charge in [-0.15, -0.1) is 0 Å². The summed E-state index contributed by atoms with van der Waals surface area (Å²) in [6.45, 7) is 4.40. The van der Waals surface area contributed by atoms with Crippen LogP contribution in [-0.4, -0.2) is 37.1 Å². The van der Waals surface area contributed by atoms with Gasteiger partial charge in [0.1, 0.15) is 18.2 Å². The Bertz CT molecular complexity index is 1110. The van der Waals surface area contributed by atoms with E-state index < -0.39 is 11.7 Å². The molecule has 1 amide bonds. The van der Waals surface area contributed by atoms with Gasteiger partial charge < -0.3 is 4.90 Å². The number of likely N-dealkylation sites (tertiary alicyclic amines) is 1. The normalized spacial score (nSPS) is 16.5. The Morgan fingerprint density at radius 3 is 2.62 bits per heavy atom. The second-order valence-electron chi connectivity index (χ2n) is 8.08. The lowest BCUT2D eigenvalue weighted by atomic mass is 10.0. The number of halogens is 3. The van der Waals surface area contributed by atoms with Crippen LogP contribution in [0.15, 0.2) is 42.6 Å². The molecule has 2 aromatic heterocycles. The van der Waals surface area contributed by atoms with Crippen molar-refractivity contribution < 1.29 is 18.0 Å². The summed E-state index contributed by atoms with van der Waals surface area (Å²) in [7, 11) is 0. The molecule has 3 aromatic rings. The summed E-state index contributed by atoms with van der Waals surface area (Å²) in [5.74, 6) is 1.30. The molecule has 1 fully saturated rings. The summed E-state index contributed by atoms with van der Waals surface area (Å²) < 4.78 is 40.4. The second-order valence-corrected chi connectivity index (χ2v) is 8.08. The molecule has 0 radical (unpaired) electrons. The fourth-order valence-corrected chi connectivity index (χ4v) is 4.13. The smallest absolute Gasteiger partial charge is 0.332 e. The summed E-state index contributed by atoms with van der Waals surface area (Å²) in [5, 5.41) is 4.26. The standard InChI is InChI=1S/C23H24F3N5O/c1-15-28-16(2)31(29-15)14-22(32)30-10-4-7-21(30)20-9-8-18(13-27-20)11-17-5-3-6-19(12-17)23(24,25)26/h3,5-6,8-9,12-13,21H,4,7,10-11,14H2,1-2H3/t21-/m1/s1. The summed E-state index contributed by atoms with van der Waals surface area (Å²) in [6.07, 6.45) is -0.614. The van der Waals surface area contributed by atoms with Crippen LogP contribution in [0.2, 0.25) is 0 Å². The molecule has 6 nitrogen and oxygen atoms in total. The molecule has 0 aliphatic carbocycles. The predicted molar refractivity (Wildman–Crippen MR) is 112 cm³/mol. The van der Waals surface area contributed by atoms with Crippen LogP contribution in [-0.2, 0) is 23.9 Å². The van der Waals surface area contributed by atoms with E-state index in [1.165, 1.54) is 12.1 Å². The number of amides is 1. The zero-order chi connectivity index (χ0) is 22.9. The summed E-state index contributed by atoms with van der Waals surface area (Å²) in [4.78, 5) is 23.5. The lowest BCUT2D eigenvalue weighted by molar-refractivity contribution is -0.137. The Morgan fingerprint density at radius 1 is 1.16 bits per heavy atom. The van der Waals surface area contributed by atoms with E-state index in [1.54, 1.807) is 23.9 Å². The van der Waals surface area contributed by atoms with E-state index in [9.17, 15) is 18.0 Å². The van der Waals surface area contributed by atoms with Gasteiger partial charge in [0.25, 0.3) is 0 Å². The van der Waals surface area contributed by atoms with Gasteiger partial charge in [-0.25, -0.2) is 9.67 Å². The van der Waals surface area contributed by atoms with Crippen molar-refractivity contribution in [3.05, 3.63) is 76.6 Å². The van der Waals surface area contributed by atoms with Crippen LogP contribution in [0.3, 0.4) is 0 Å². The third kappa shape index (κ3) is 4.81. The molecule has 32 heavy (non-hydrogen) atoms. The maximum atomic E-state index is 12.9. The molecule has 1 aliphatic rings. The molecule has 0 saturated carbocycles. The molecule has 1 atom stereocenters. The minimum atomic E-state index is -4.36. The summed E-state index contributed by atoms with van der Waals surface area (Å²) in [6, 6.07) is 8.94. The fraction of sp³-hybridized carbons (Fsp3) is 0.391. The lowest BCUT2D eigenvalue weighted by Crippen LogP contribution is -2.34. The topological polar surface area (TPSA) is 63.9 Å². The van der Waals surface area contributed by atoms with E-state index in [1.807, 2.05) is 24.0 Å². The third-order valence-corrected chi connectivity index (χ3v) is 5.67. The molecular weight excluding hydrogens is 419 g/mol. The van der Waals surface area contributed by atoms with Crippen molar-refractivity contribution in [3.63, 3.8) is 0 Å². The molecule has 9 heteroatoms. The van der Waals surface area contributed by atoms with Gasteiger partial charge in [-0.05, 0) is 56.4 Å². The molecule has 0 bridgehead atoms. The maximum Gasteiger partial charge on any atom is 0.416 e. The molecule has 1 aromatic carbocycles. The van der Waals surface area contributed by atoms with E-state index in [0.29, 0.717) is 30.2 Å². The third-order valence-electron chi connectivity index (χ3n) is 5.67. The lowest BCUT2D eigenvalue weighted by Gasteiger charge is -2.24. The van der Waals surface area contributed by atoms with Gasteiger partial charge in [0.15, 0.2) is 0 Å². The Hall–Kier alpha value is -3.23. The van der Waals surface area contributed by atoms with Crippen LogP contribution in [0, 0.1) is 13.8 Å². The van der Waals surface area contributed by atoms with Crippen LogP contribution in [0.1, 0.15) is 52.9 Å². The molecule has 0 N–H and O–H groups in total. The Morgan fingerprint density at radius 2 is 1.97 bits per heavy atom. The maximum absolute atomic E-state index is 12.9. The number of pyridine rings is 1. The minimum absolute atomic E-state index is 0.0321. The van der Waals surface area contributed by atoms with E-state index in [4.69, 9.17) is 0 Å². The van der Waals surface area contributed by atoms with Crippen LogP contribution in [0.25, 0.3) is 0 Å². The number of carbonyl (C=O) groups is 1. The van der Waals surface area contributed by atoms with Crippen molar-refractivity contribution in [1.29, 1.82) is 0 Å². The SMILES string of the molecule is Cc1nc(C)n(CC(=O)N2CCC[C@@H]2c2ccc(Cc3cccc(C(F)(F)F)c3)cn2)n1. The Balaban J connectivity index is 1.45.